The molecule has 0 aliphatic heterocycles. The summed E-state index contributed by atoms with van der Waals surface area (Å²) in [4.78, 5) is 12.4. The molecule has 0 aliphatic carbocycles. The summed E-state index contributed by atoms with van der Waals surface area (Å²) in [5.74, 6) is -0.0317. The topological polar surface area (TPSA) is 58.6 Å². The Hall–Kier alpha value is -3.01. The number of carbonyl (C=O) groups is 1. The summed E-state index contributed by atoms with van der Waals surface area (Å²) in [7, 11) is 0. The summed E-state index contributed by atoms with van der Waals surface area (Å²) in [6.45, 7) is 2.70. The van der Waals surface area contributed by atoms with E-state index in [2.05, 4.69) is 5.32 Å². The van der Waals surface area contributed by atoms with E-state index in [4.69, 9.17) is 4.74 Å². The van der Waals surface area contributed by atoms with Gasteiger partial charge in [0.15, 0.2) is 5.75 Å². The number of benzene rings is 3. The van der Waals surface area contributed by atoms with Gasteiger partial charge in [-0.05, 0) is 30.0 Å². The van der Waals surface area contributed by atoms with Gasteiger partial charge in [-0.3, -0.25) is 0 Å². The van der Waals surface area contributed by atoms with Gasteiger partial charge in [0.1, 0.15) is 11.4 Å². The van der Waals surface area contributed by atoms with Crippen LogP contribution in [0.1, 0.15) is 23.7 Å². The van der Waals surface area contributed by atoms with Gasteiger partial charge < -0.3 is 15.2 Å². The lowest BCUT2D eigenvalue weighted by Gasteiger charge is -2.15. The Bertz CT molecular complexity index is 859. The molecule has 0 aromatic heterocycles. The van der Waals surface area contributed by atoms with Crippen LogP contribution in [0.5, 0.6) is 11.5 Å². The van der Waals surface area contributed by atoms with Crippen molar-refractivity contribution in [2.45, 2.75) is 13.3 Å². The third-order valence-corrected chi connectivity index (χ3v) is 3.75. The van der Waals surface area contributed by atoms with Crippen molar-refractivity contribution >= 4 is 22.4 Å². The van der Waals surface area contributed by atoms with Crippen molar-refractivity contribution in [2.75, 3.05) is 11.9 Å². The van der Waals surface area contributed by atoms with E-state index in [9.17, 15) is 9.90 Å². The number of fused-ring (bicyclic) bond motifs is 1. The van der Waals surface area contributed by atoms with Gasteiger partial charge in [0.2, 0.25) is 0 Å². The number of esters is 1. The van der Waals surface area contributed by atoms with Gasteiger partial charge in [0.25, 0.3) is 0 Å². The highest BCUT2D eigenvalue weighted by Crippen LogP contribution is 2.41. The van der Waals surface area contributed by atoms with Gasteiger partial charge in [-0.25, -0.2) is 4.79 Å². The maximum absolute atomic E-state index is 12.4. The van der Waals surface area contributed by atoms with Crippen molar-refractivity contribution in [2.24, 2.45) is 0 Å². The number of hydrogen-bond acceptors (Lipinski definition) is 4. The molecule has 2 N–H and O–H groups in total. The van der Waals surface area contributed by atoms with Crippen LogP contribution in [0.3, 0.4) is 0 Å². The lowest BCUT2D eigenvalue weighted by Crippen LogP contribution is -2.11. The van der Waals surface area contributed by atoms with Crippen molar-refractivity contribution in [3.05, 3.63) is 66.2 Å². The first-order valence-electron chi connectivity index (χ1n) is 7.96. The van der Waals surface area contributed by atoms with Gasteiger partial charge >= 0.3 is 5.97 Å². The number of rotatable bonds is 5. The Morgan fingerprint density at radius 3 is 2.54 bits per heavy atom. The molecule has 3 rings (SSSR count). The van der Waals surface area contributed by atoms with Gasteiger partial charge in [0.05, 0.1) is 5.56 Å². The molecule has 0 aliphatic rings. The van der Waals surface area contributed by atoms with E-state index in [-0.39, 0.29) is 5.75 Å². The molecule has 0 heterocycles. The molecular formula is C20H19NO3. The van der Waals surface area contributed by atoms with Crippen LogP contribution in [0.2, 0.25) is 0 Å². The van der Waals surface area contributed by atoms with Crippen LogP contribution in [0, 0.1) is 0 Å². The van der Waals surface area contributed by atoms with Crippen LogP contribution in [-0.2, 0) is 0 Å². The molecule has 4 nitrogen and oxygen atoms in total. The first kappa shape index (κ1) is 15.9. The third-order valence-electron chi connectivity index (χ3n) is 3.75. The smallest absolute Gasteiger partial charge is 0.343 e. The molecule has 4 heteroatoms. The molecule has 0 atom stereocenters. The zero-order chi connectivity index (χ0) is 16.9. The molecule has 0 bridgehead atoms. The van der Waals surface area contributed by atoms with Crippen molar-refractivity contribution in [1.82, 2.24) is 0 Å². The number of hydrogen-bond donors (Lipinski definition) is 2. The number of phenolic OH excluding ortho intramolecular Hbond substituents is 1. The van der Waals surface area contributed by atoms with E-state index < -0.39 is 5.97 Å². The minimum Gasteiger partial charge on any atom is -0.505 e. The Morgan fingerprint density at radius 1 is 1.08 bits per heavy atom. The first-order valence-corrected chi connectivity index (χ1v) is 7.96. The third kappa shape index (κ3) is 3.18. The molecule has 0 unspecified atom stereocenters. The van der Waals surface area contributed by atoms with Crippen molar-refractivity contribution in [3.8, 4) is 11.5 Å². The van der Waals surface area contributed by atoms with Gasteiger partial charge in [-0.15, -0.1) is 0 Å². The van der Waals surface area contributed by atoms with Crippen LogP contribution in [0.25, 0.3) is 10.8 Å². The van der Waals surface area contributed by atoms with Crippen LogP contribution in [-0.4, -0.2) is 17.6 Å². The minimum atomic E-state index is -0.454. The molecule has 0 fully saturated rings. The van der Waals surface area contributed by atoms with Crippen LogP contribution in [0.15, 0.2) is 60.7 Å². The second-order valence-electron chi connectivity index (χ2n) is 5.50. The standard InChI is InChI=1S/C20H19NO3/c1-2-12-21-18-17(24-20(23)14-8-4-3-5-9-14)13-15-10-6-7-11-16(15)19(18)22/h3-11,13,21-22H,2,12H2,1H3. The number of anilines is 1. The number of aromatic hydroxyl groups is 1. The zero-order valence-electron chi connectivity index (χ0n) is 13.5. The normalized spacial score (nSPS) is 10.5. The first-order chi connectivity index (χ1) is 11.7. The molecule has 3 aromatic rings. The summed E-state index contributed by atoms with van der Waals surface area (Å²) < 4.78 is 5.56. The van der Waals surface area contributed by atoms with Crippen molar-refractivity contribution in [3.63, 3.8) is 0 Å². The van der Waals surface area contributed by atoms with Crippen LogP contribution >= 0.6 is 0 Å². The van der Waals surface area contributed by atoms with Gasteiger partial charge in [-0.1, -0.05) is 49.4 Å². The average molecular weight is 321 g/mol. The van der Waals surface area contributed by atoms with E-state index >= 15 is 0 Å². The monoisotopic (exact) mass is 321 g/mol. The highest BCUT2D eigenvalue weighted by Gasteiger charge is 2.17. The molecule has 0 radical (unpaired) electrons. The van der Waals surface area contributed by atoms with Gasteiger partial charge in [0, 0.05) is 11.9 Å². The second kappa shape index (κ2) is 7.04. The number of phenols is 1. The zero-order valence-corrected chi connectivity index (χ0v) is 13.5. The Morgan fingerprint density at radius 2 is 1.79 bits per heavy atom. The number of ether oxygens (including phenoxy) is 1. The molecular weight excluding hydrogens is 302 g/mol. The van der Waals surface area contributed by atoms with E-state index in [0.717, 1.165) is 17.2 Å². The lowest BCUT2D eigenvalue weighted by atomic mass is 10.1. The van der Waals surface area contributed by atoms with Crippen molar-refractivity contribution < 1.29 is 14.6 Å². The Kier molecular flexibility index (Phi) is 4.66. The summed E-state index contributed by atoms with van der Waals surface area (Å²) in [6.07, 6.45) is 0.887. The van der Waals surface area contributed by atoms with E-state index in [1.807, 2.05) is 37.3 Å². The summed E-state index contributed by atoms with van der Waals surface area (Å²) in [5.41, 5.74) is 0.909. The Labute approximate surface area is 140 Å². The Balaban J connectivity index is 2.03. The quantitative estimate of drug-likeness (QED) is 0.410. The minimum absolute atomic E-state index is 0.0948. The second-order valence-corrected chi connectivity index (χ2v) is 5.50. The molecule has 122 valence electrons. The van der Waals surface area contributed by atoms with E-state index in [1.54, 1.807) is 30.3 Å². The molecule has 0 amide bonds. The molecule has 24 heavy (non-hydrogen) atoms. The fourth-order valence-electron chi connectivity index (χ4n) is 2.54. The fourth-order valence-corrected chi connectivity index (χ4v) is 2.54. The molecule has 0 spiro atoms. The molecule has 0 saturated carbocycles. The van der Waals surface area contributed by atoms with E-state index in [1.165, 1.54) is 0 Å². The SMILES string of the molecule is CCCNc1c(OC(=O)c2ccccc2)cc2ccccc2c1O. The number of carbonyl (C=O) groups excluding carboxylic acids is 1. The predicted molar refractivity (Wildman–Crippen MR) is 95.8 cm³/mol. The summed E-state index contributed by atoms with van der Waals surface area (Å²) in [6, 6.07) is 18.0. The molecule has 0 saturated heterocycles. The maximum atomic E-state index is 12.4. The highest BCUT2D eigenvalue weighted by atomic mass is 16.5. The number of nitrogens with one attached hydrogen (secondary N) is 1. The summed E-state index contributed by atoms with van der Waals surface area (Å²) in [5, 5.41) is 15.3. The van der Waals surface area contributed by atoms with Crippen molar-refractivity contribution in [1.29, 1.82) is 0 Å². The van der Waals surface area contributed by atoms with Crippen LogP contribution in [0.4, 0.5) is 5.69 Å². The predicted octanol–water partition coefficient (Wildman–Crippen LogP) is 4.59. The van der Waals surface area contributed by atoms with Crippen LogP contribution < -0.4 is 10.1 Å². The van der Waals surface area contributed by atoms with E-state index in [0.29, 0.717) is 23.5 Å². The molecule has 3 aromatic carbocycles. The average Bonchev–Trinajstić information content (AvgIpc) is 2.62. The maximum Gasteiger partial charge on any atom is 0.343 e. The lowest BCUT2D eigenvalue weighted by molar-refractivity contribution is 0.0736. The fraction of sp³-hybridized carbons (Fsp3) is 0.150. The largest absolute Gasteiger partial charge is 0.505 e. The summed E-state index contributed by atoms with van der Waals surface area (Å²) >= 11 is 0. The highest BCUT2D eigenvalue weighted by molar-refractivity contribution is 5.98. The van der Waals surface area contributed by atoms with Gasteiger partial charge in [-0.2, -0.15) is 0 Å².